The van der Waals surface area contributed by atoms with Crippen molar-refractivity contribution < 1.29 is 15.0 Å². The quantitative estimate of drug-likeness (QED) is 0.346. The van der Waals surface area contributed by atoms with E-state index in [9.17, 15) is 15.0 Å². The van der Waals surface area contributed by atoms with E-state index in [0.29, 0.717) is 22.6 Å². The van der Waals surface area contributed by atoms with Crippen LogP contribution >= 0.6 is 0 Å². The van der Waals surface area contributed by atoms with Crippen LogP contribution in [-0.4, -0.2) is 48.0 Å². The molecule has 182 valence electrons. The molecule has 10 nitrogen and oxygen atoms in total. The Balaban J connectivity index is 1.94. The lowest BCUT2D eigenvalue weighted by Crippen LogP contribution is -2.39. The van der Waals surface area contributed by atoms with Crippen molar-refractivity contribution in [1.29, 1.82) is 0 Å². The van der Waals surface area contributed by atoms with Crippen molar-refractivity contribution in [2.75, 3.05) is 5.32 Å². The van der Waals surface area contributed by atoms with Gasteiger partial charge in [-0.25, -0.2) is 9.79 Å². The molecule has 34 heavy (non-hydrogen) atoms. The van der Waals surface area contributed by atoms with Crippen molar-refractivity contribution in [2.24, 2.45) is 10.7 Å². The van der Waals surface area contributed by atoms with Crippen LogP contribution in [0.5, 0.6) is 5.75 Å². The maximum atomic E-state index is 11.5. The maximum absolute atomic E-state index is 11.5. The normalized spacial score (nSPS) is 19.3. The first-order valence-corrected chi connectivity index (χ1v) is 11.8. The predicted molar refractivity (Wildman–Crippen MR) is 130 cm³/mol. The molecule has 3 aromatic rings. The fourth-order valence-corrected chi connectivity index (χ4v) is 4.51. The van der Waals surface area contributed by atoms with Gasteiger partial charge in [0, 0.05) is 17.8 Å². The molecule has 0 amide bonds. The number of carboxylic acids is 1. The van der Waals surface area contributed by atoms with Crippen LogP contribution in [0.25, 0.3) is 11.0 Å². The van der Waals surface area contributed by atoms with Crippen LogP contribution in [-0.2, 0) is 0 Å². The third kappa shape index (κ3) is 4.50. The Labute approximate surface area is 197 Å². The van der Waals surface area contributed by atoms with Gasteiger partial charge in [0.2, 0.25) is 5.62 Å². The van der Waals surface area contributed by atoms with E-state index in [0.717, 1.165) is 36.9 Å². The molecule has 2 heterocycles. The lowest BCUT2D eigenvalue weighted by molar-refractivity contribution is 0.0694. The number of hydrogen-bond donors (Lipinski definition) is 5. The van der Waals surface area contributed by atoms with Gasteiger partial charge >= 0.3 is 5.97 Å². The number of aromatic hydroxyl groups is 1. The molecule has 1 fully saturated rings. The monoisotopic (exact) mass is 467 g/mol. The Morgan fingerprint density at radius 2 is 2.00 bits per heavy atom. The van der Waals surface area contributed by atoms with Crippen molar-refractivity contribution in [1.82, 2.24) is 19.7 Å². The number of nitrogens with zero attached hydrogens (tertiary/aromatic N) is 4. The smallest absolute Gasteiger partial charge is 0.339 e. The molecule has 1 aromatic carbocycles. The summed E-state index contributed by atoms with van der Waals surface area (Å²) in [5.41, 5.74) is 9.75. The number of fused-ring (bicyclic) bond motifs is 1. The third-order valence-corrected chi connectivity index (χ3v) is 6.31. The van der Waals surface area contributed by atoms with Gasteiger partial charge in [0.15, 0.2) is 11.3 Å². The Morgan fingerprint density at radius 3 is 2.65 bits per heavy atom. The van der Waals surface area contributed by atoms with Crippen LogP contribution in [0.15, 0.2) is 23.2 Å². The van der Waals surface area contributed by atoms with Crippen LogP contribution < -0.4 is 16.7 Å². The van der Waals surface area contributed by atoms with Gasteiger partial charge in [-0.2, -0.15) is 10.1 Å². The Hall–Kier alpha value is -3.40. The summed E-state index contributed by atoms with van der Waals surface area (Å²) in [5.74, 6) is -0.873. The van der Waals surface area contributed by atoms with E-state index in [2.05, 4.69) is 47.8 Å². The van der Waals surface area contributed by atoms with Gasteiger partial charge in [-0.3, -0.25) is 5.10 Å². The van der Waals surface area contributed by atoms with Gasteiger partial charge in [0.1, 0.15) is 11.3 Å². The van der Waals surface area contributed by atoms with Crippen molar-refractivity contribution in [3.05, 3.63) is 35.1 Å². The number of aromatic nitrogens is 4. The van der Waals surface area contributed by atoms with Crippen LogP contribution in [0.4, 0.5) is 11.5 Å². The lowest BCUT2D eigenvalue weighted by Gasteiger charge is -2.25. The van der Waals surface area contributed by atoms with E-state index in [1.807, 2.05) is 0 Å². The summed E-state index contributed by atoms with van der Waals surface area (Å²) < 4.78 is 2.10. The minimum absolute atomic E-state index is 0.00703. The fourth-order valence-electron chi connectivity index (χ4n) is 4.51. The largest absolute Gasteiger partial charge is 0.507 e. The Bertz CT molecular complexity index is 1280. The van der Waals surface area contributed by atoms with Gasteiger partial charge < -0.3 is 25.8 Å². The predicted octanol–water partition coefficient (Wildman–Crippen LogP) is 3.78. The molecular weight excluding hydrogens is 434 g/mol. The molecular formula is C24H33N7O3. The number of H-pyrrole nitrogens is 1. The van der Waals surface area contributed by atoms with Crippen LogP contribution in [0.3, 0.4) is 0 Å². The highest BCUT2D eigenvalue weighted by Crippen LogP contribution is 2.30. The second-order valence-corrected chi connectivity index (χ2v) is 9.52. The average molecular weight is 468 g/mol. The number of carboxylic acid groups (broad SMARTS) is 1. The molecule has 1 aliphatic rings. The molecule has 0 bridgehead atoms. The topological polar surface area (TPSA) is 154 Å². The van der Waals surface area contributed by atoms with Crippen molar-refractivity contribution in [2.45, 2.75) is 77.4 Å². The molecule has 2 atom stereocenters. The molecule has 1 aliphatic carbocycles. The van der Waals surface area contributed by atoms with Crippen molar-refractivity contribution in [3.63, 3.8) is 0 Å². The summed E-state index contributed by atoms with van der Waals surface area (Å²) in [5, 5.41) is 30.2. The molecule has 1 saturated carbocycles. The first kappa shape index (κ1) is 23.7. The third-order valence-electron chi connectivity index (χ3n) is 6.31. The summed E-state index contributed by atoms with van der Waals surface area (Å²) in [6, 6.07) is 4.37. The SMILES string of the molecule is CC(C)c1[nH]nc2c(Nc3ccc(O)c(C(=O)O)c3)nc(=NC3CCCCC3N)n(C(C)C)c12. The minimum atomic E-state index is -1.21. The highest BCUT2D eigenvalue weighted by molar-refractivity contribution is 5.93. The molecule has 0 spiro atoms. The zero-order chi connectivity index (χ0) is 24.6. The van der Waals surface area contributed by atoms with Gasteiger partial charge in [-0.15, -0.1) is 0 Å². The standard InChI is InChI=1S/C24H33N7O3/c1-12(2)19-21-20(30-29-19)22(26-14-9-10-18(32)15(11-14)23(33)34)28-24(31(21)13(3)4)27-17-8-6-5-7-16(17)25/h9-13,16-17,32H,5-8,25H2,1-4H3,(H,29,30)(H,33,34)(H,26,27,28). The highest BCUT2D eigenvalue weighted by Gasteiger charge is 2.24. The van der Waals surface area contributed by atoms with E-state index < -0.39 is 5.97 Å². The number of carbonyl (C=O) groups is 1. The zero-order valence-corrected chi connectivity index (χ0v) is 20.0. The van der Waals surface area contributed by atoms with Crippen molar-refractivity contribution in [3.8, 4) is 5.75 Å². The van der Waals surface area contributed by atoms with E-state index in [-0.39, 0.29) is 35.4 Å². The number of aromatic carboxylic acids is 1. The molecule has 6 N–H and O–H groups in total. The molecule has 0 radical (unpaired) electrons. The lowest BCUT2D eigenvalue weighted by atomic mass is 9.91. The second kappa shape index (κ2) is 9.46. The fraction of sp³-hybridized carbons (Fsp3) is 0.500. The first-order chi connectivity index (χ1) is 16.2. The molecule has 0 aliphatic heterocycles. The van der Waals surface area contributed by atoms with Crippen LogP contribution in [0, 0.1) is 0 Å². The number of anilines is 2. The molecule has 10 heteroatoms. The number of benzene rings is 1. The summed E-state index contributed by atoms with van der Waals surface area (Å²) >= 11 is 0. The Morgan fingerprint density at radius 1 is 1.26 bits per heavy atom. The summed E-state index contributed by atoms with van der Waals surface area (Å²) in [7, 11) is 0. The number of nitrogens with two attached hydrogens (primary N) is 1. The van der Waals surface area contributed by atoms with E-state index >= 15 is 0 Å². The van der Waals surface area contributed by atoms with Gasteiger partial charge in [-0.1, -0.05) is 26.7 Å². The summed E-state index contributed by atoms with van der Waals surface area (Å²) in [4.78, 5) is 21.4. The average Bonchev–Trinajstić information content (AvgIpc) is 3.21. The molecule has 2 aromatic heterocycles. The minimum Gasteiger partial charge on any atom is -0.507 e. The summed E-state index contributed by atoms with van der Waals surface area (Å²) in [6.07, 6.45) is 4.07. The van der Waals surface area contributed by atoms with Crippen molar-refractivity contribution >= 4 is 28.5 Å². The summed E-state index contributed by atoms with van der Waals surface area (Å²) in [6.45, 7) is 8.37. The van der Waals surface area contributed by atoms with Crippen LogP contribution in [0.1, 0.15) is 81.4 Å². The second-order valence-electron chi connectivity index (χ2n) is 9.52. The number of aromatic amines is 1. The maximum Gasteiger partial charge on any atom is 0.339 e. The van der Waals surface area contributed by atoms with E-state index in [1.54, 1.807) is 6.07 Å². The highest BCUT2D eigenvalue weighted by atomic mass is 16.4. The number of nitrogens with one attached hydrogen (secondary N) is 2. The van der Waals surface area contributed by atoms with E-state index in [1.165, 1.54) is 12.1 Å². The molecule has 2 unspecified atom stereocenters. The van der Waals surface area contributed by atoms with Crippen LogP contribution in [0.2, 0.25) is 0 Å². The van der Waals surface area contributed by atoms with Gasteiger partial charge in [0.05, 0.1) is 17.3 Å². The van der Waals surface area contributed by atoms with E-state index in [4.69, 9.17) is 15.7 Å². The molecule has 0 saturated heterocycles. The first-order valence-electron chi connectivity index (χ1n) is 11.8. The number of rotatable bonds is 6. The van der Waals surface area contributed by atoms with Gasteiger partial charge in [-0.05, 0) is 50.8 Å². The zero-order valence-electron chi connectivity index (χ0n) is 20.0. The number of phenols is 1. The molecule has 4 rings (SSSR count). The van der Waals surface area contributed by atoms with Gasteiger partial charge in [0.25, 0.3) is 0 Å². The number of hydrogen-bond acceptors (Lipinski definition) is 7. The Kier molecular flexibility index (Phi) is 6.60.